The normalized spacial score (nSPS) is 29.9. The third-order valence-corrected chi connectivity index (χ3v) is 10.2. The molecule has 0 aromatic heterocycles. The Morgan fingerprint density at radius 1 is 1.02 bits per heavy atom. The minimum atomic E-state index is -1.35. The van der Waals surface area contributed by atoms with Gasteiger partial charge in [0.25, 0.3) is 0 Å². The highest BCUT2D eigenvalue weighted by Crippen LogP contribution is 2.56. The summed E-state index contributed by atoms with van der Waals surface area (Å²) in [5.41, 5.74) is 2.37. The number of fused-ring (bicyclic) bond motifs is 3. The average molecular weight is 593 g/mol. The number of aliphatic imine (C=N–C) groups is 1. The number of nitrogens with zero attached hydrogens (tertiary/aromatic N) is 2. The second-order valence-electron chi connectivity index (χ2n) is 12.2. The first-order valence-corrected chi connectivity index (χ1v) is 15.6. The van der Waals surface area contributed by atoms with Crippen LogP contribution in [0.15, 0.2) is 89.6 Å². The zero-order valence-corrected chi connectivity index (χ0v) is 25.0. The van der Waals surface area contributed by atoms with Gasteiger partial charge < -0.3 is 23.7 Å². The first-order valence-electron chi connectivity index (χ1n) is 15.6. The highest BCUT2D eigenvalue weighted by Gasteiger charge is 2.61. The molecule has 1 fully saturated rings. The van der Waals surface area contributed by atoms with Crippen molar-refractivity contribution >= 4 is 11.9 Å². The van der Waals surface area contributed by atoms with E-state index in [2.05, 4.69) is 23.1 Å². The summed E-state index contributed by atoms with van der Waals surface area (Å²) in [5, 5.41) is 0. The lowest BCUT2D eigenvalue weighted by atomic mass is 9.77. The van der Waals surface area contributed by atoms with E-state index in [0.29, 0.717) is 18.1 Å². The first kappa shape index (κ1) is 27.3. The van der Waals surface area contributed by atoms with Crippen molar-refractivity contribution in [2.24, 2.45) is 4.99 Å². The van der Waals surface area contributed by atoms with Gasteiger partial charge in [-0.2, -0.15) is 0 Å². The lowest BCUT2D eigenvalue weighted by molar-refractivity contribution is -0.171. The molecular formula is C36H36N2O6. The van der Waals surface area contributed by atoms with Gasteiger partial charge in [-0.1, -0.05) is 55.5 Å². The maximum Gasteiger partial charge on any atom is 0.353 e. The minimum Gasteiger partial charge on any atom is -0.497 e. The molecule has 4 heterocycles. The van der Waals surface area contributed by atoms with Crippen LogP contribution in [0.4, 0.5) is 0 Å². The Kier molecular flexibility index (Phi) is 6.45. The van der Waals surface area contributed by atoms with Crippen molar-refractivity contribution in [2.75, 3.05) is 27.0 Å². The predicted octanol–water partition coefficient (Wildman–Crippen LogP) is 5.71. The number of methoxy groups -OCH3 is 1. The summed E-state index contributed by atoms with van der Waals surface area (Å²) >= 11 is 0. The fourth-order valence-corrected chi connectivity index (χ4v) is 8.04. The molecule has 226 valence electrons. The molecule has 8 heteroatoms. The van der Waals surface area contributed by atoms with Gasteiger partial charge in [-0.3, -0.25) is 4.90 Å². The number of ether oxygens (including phenoxy) is 5. The molecule has 44 heavy (non-hydrogen) atoms. The molecule has 4 aliphatic heterocycles. The van der Waals surface area contributed by atoms with Gasteiger partial charge in [-0.25, -0.2) is 9.79 Å². The largest absolute Gasteiger partial charge is 0.497 e. The number of esters is 1. The summed E-state index contributed by atoms with van der Waals surface area (Å²) in [6, 6.07) is 23.3. The molecule has 0 N–H and O–H groups in total. The van der Waals surface area contributed by atoms with E-state index in [-0.39, 0.29) is 18.2 Å². The Balaban J connectivity index is 1.21. The summed E-state index contributed by atoms with van der Waals surface area (Å²) < 4.78 is 31.0. The van der Waals surface area contributed by atoms with Crippen LogP contribution in [0.3, 0.4) is 0 Å². The van der Waals surface area contributed by atoms with E-state index >= 15 is 0 Å². The SMILES string of the molecule is CCC1(C(=O)OC2C(OC)=CC34CCCN3CCc3cc5c(cc3C24)OCO5)OC(c2ccccc2)=NC1c1ccccc1. The number of hydrogen-bond acceptors (Lipinski definition) is 8. The zero-order valence-electron chi connectivity index (χ0n) is 25.0. The van der Waals surface area contributed by atoms with Crippen molar-refractivity contribution in [1.82, 2.24) is 4.90 Å². The Labute approximate surface area is 257 Å². The monoisotopic (exact) mass is 592 g/mol. The summed E-state index contributed by atoms with van der Waals surface area (Å²) in [4.78, 5) is 22.3. The Morgan fingerprint density at radius 3 is 2.52 bits per heavy atom. The van der Waals surface area contributed by atoms with E-state index in [0.717, 1.165) is 60.5 Å². The van der Waals surface area contributed by atoms with Crippen LogP contribution in [0.25, 0.3) is 0 Å². The number of carbonyl (C=O) groups is 1. The summed E-state index contributed by atoms with van der Waals surface area (Å²) in [6.07, 6.45) is 4.85. The van der Waals surface area contributed by atoms with E-state index in [4.69, 9.17) is 28.7 Å². The van der Waals surface area contributed by atoms with Gasteiger partial charge in [0.2, 0.25) is 18.3 Å². The molecule has 1 spiro atoms. The Hall–Kier alpha value is -4.30. The molecular weight excluding hydrogens is 556 g/mol. The molecule has 0 amide bonds. The van der Waals surface area contributed by atoms with Crippen LogP contribution in [0.2, 0.25) is 0 Å². The molecule has 3 aromatic rings. The fraction of sp³-hybridized carbons (Fsp3) is 0.389. The maximum absolute atomic E-state index is 14.8. The van der Waals surface area contributed by atoms with Gasteiger partial charge in [0.05, 0.1) is 18.6 Å². The second-order valence-corrected chi connectivity index (χ2v) is 12.2. The molecule has 5 atom stereocenters. The third kappa shape index (κ3) is 4.00. The van der Waals surface area contributed by atoms with Crippen LogP contribution in [0, 0.1) is 0 Å². The molecule has 0 bridgehead atoms. The number of benzene rings is 3. The van der Waals surface area contributed by atoms with E-state index in [1.807, 2.05) is 67.6 Å². The number of rotatable bonds is 6. The predicted molar refractivity (Wildman–Crippen MR) is 164 cm³/mol. The standard InChI is InChI=1S/C36H36N2O6/c1-3-36(32(23-11-6-4-7-12-23)37-33(44-36)24-13-8-5-9-14-24)34(39)43-31-29(40-2)21-35-16-10-17-38(35)18-15-25-19-27-28(42-22-41-27)20-26(25)30(31)35/h4-9,11-14,19-21,30-32H,3,10,15-18,22H2,1-2H3. The fourth-order valence-electron chi connectivity index (χ4n) is 8.04. The number of hydrogen-bond donors (Lipinski definition) is 0. The van der Waals surface area contributed by atoms with E-state index < -0.39 is 23.7 Å². The van der Waals surface area contributed by atoms with Crippen LogP contribution in [0.5, 0.6) is 11.5 Å². The summed E-state index contributed by atoms with van der Waals surface area (Å²) in [7, 11) is 1.67. The molecule has 3 aromatic carbocycles. The van der Waals surface area contributed by atoms with Gasteiger partial charge >= 0.3 is 5.97 Å². The van der Waals surface area contributed by atoms with Gasteiger partial charge in [0.15, 0.2) is 17.6 Å². The quantitative estimate of drug-likeness (QED) is 0.339. The van der Waals surface area contributed by atoms with Crippen molar-refractivity contribution in [3.05, 3.63) is 107 Å². The molecule has 1 aliphatic carbocycles. The van der Waals surface area contributed by atoms with Crippen LogP contribution in [-0.4, -0.2) is 61.0 Å². The van der Waals surface area contributed by atoms with Crippen LogP contribution in [-0.2, 0) is 25.4 Å². The first-order chi connectivity index (χ1) is 21.6. The van der Waals surface area contributed by atoms with E-state index in [9.17, 15) is 4.79 Å². The van der Waals surface area contributed by atoms with Crippen molar-refractivity contribution in [3.8, 4) is 11.5 Å². The lowest BCUT2D eigenvalue weighted by Gasteiger charge is -2.40. The zero-order chi connectivity index (χ0) is 29.9. The minimum absolute atomic E-state index is 0.170. The molecule has 8 nitrogen and oxygen atoms in total. The van der Waals surface area contributed by atoms with Gasteiger partial charge in [0.1, 0.15) is 11.8 Å². The second kappa shape index (κ2) is 10.4. The van der Waals surface area contributed by atoms with Crippen molar-refractivity contribution in [2.45, 2.75) is 61.8 Å². The molecule has 1 saturated heterocycles. The molecule has 5 unspecified atom stereocenters. The van der Waals surface area contributed by atoms with Gasteiger partial charge in [-0.05, 0) is 79.3 Å². The molecule has 5 aliphatic rings. The maximum atomic E-state index is 14.8. The van der Waals surface area contributed by atoms with Crippen molar-refractivity contribution < 1.29 is 28.5 Å². The van der Waals surface area contributed by atoms with Crippen LogP contribution in [0.1, 0.15) is 60.4 Å². The Bertz CT molecular complexity index is 1660. The smallest absolute Gasteiger partial charge is 0.353 e. The molecule has 0 radical (unpaired) electrons. The van der Waals surface area contributed by atoms with Gasteiger partial charge in [0, 0.05) is 12.1 Å². The van der Waals surface area contributed by atoms with Crippen LogP contribution >= 0.6 is 0 Å². The van der Waals surface area contributed by atoms with E-state index in [1.165, 1.54) is 5.56 Å². The Morgan fingerprint density at radius 2 is 1.77 bits per heavy atom. The van der Waals surface area contributed by atoms with E-state index in [1.54, 1.807) is 7.11 Å². The molecule has 0 saturated carbocycles. The third-order valence-electron chi connectivity index (χ3n) is 10.2. The summed E-state index contributed by atoms with van der Waals surface area (Å²) in [6.45, 7) is 4.06. The molecule has 8 rings (SSSR count). The summed E-state index contributed by atoms with van der Waals surface area (Å²) in [5.74, 6) is 2.01. The van der Waals surface area contributed by atoms with Crippen molar-refractivity contribution in [3.63, 3.8) is 0 Å². The topological polar surface area (TPSA) is 78.8 Å². The van der Waals surface area contributed by atoms with Crippen molar-refractivity contribution in [1.29, 1.82) is 0 Å². The lowest BCUT2D eigenvalue weighted by Crippen LogP contribution is -2.50. The van der Waals surface area contributed by atoms with Crippen LogP contribution < -0.4 is 9.47 Å². The highest BCUT2D eigenvalue weighted by atomic mass is 16.7. The van der Waals surface area contributed by atoms with Gasteiger partial charge in [-0.15, -0.1) is 0 Å². The highest BCUT2D eigenvalue weighted by molar-refractivity contribution is 5.99. The number of carbonyl (C=O) groups excluding carboxylic acids is 1. The average Bonchev–Trinajstić information content (AvgIpc) is 3.84.